The summed E-state index contributed by atoms with van der Waals surface area (Å²) in [5.74, 6) is -0.134. The molecule has 3 rings (SSSR count). The van der Waals surface area contributed by atoms with Crippen molar-refractivity contribution in [2.45, 2.75) is 70.2 Å². The summed E-state index contributed by atoms with van der Waals surface area (Å²) in [5, 5.41) is 23.4. The summed E-state index contributed by atoms with van der Waals surface area (Å²) in [7, 11) is 0. The minimum absolute atomic E-state index is 0.260. The Morgan fingerprint density at radius 3 is 2.31 bits per heavy atom. The highest BCUT2D eigenvalue weighted by Crippen LogP contribution is 2.29. The van der Waals surface area contributed by atoms with Crippen LogP contribution in [-0.2, 0) is 16.0 Å². The van der Waals surface area contributed by atoms with Gasteiger partial charge in [-0.15, -0.1) is 0 Å². The first kappa shape index (κ1) is 26.7. The number of carbonyl (C=O) groups excluding carboxylic acids is 2. The van der Waals surface area contributed by atoms with E-state index >= 15 is 0 Å². The number of aryl methyl sites for hydroxylation is 1. The van der Waals surface area contributed by atoms with Crippen LogP contribution in [-0.4, -0.2) is 57.9 Å². The van der Waals surface area contributed by atoms with E-state index in [1.807, 2.05) is 24.3 Å². The monoisotopic (exact) mass is 482 g/mol. The van der Waals surface area contributed by atoms with Gasteiger partial charge in [-0.1, -0.05) is 60.7 Å². The van der Waals surface area contributed by atoms with E-state index in [-0.39, 0.29) is 5.92 Å². The van der Waals surface area contributed by atoms with Crippen LogP contribution in [0.3, 0.4) is 0 Å². The molecule has 4 atom stereocenters. The van der Waals surface area contributed by atoms with E-state index in [1.165, 1.54) is 10.5 Å². The van der Waals surface area contributed by atoms with Crippen LogP contribution >= 0.6 is 0 Å². The second-order valence-electron chi connectivity index (χ2n) is 10.3. The van der Waals surface area contributed by atoms with E-state index in [4.69, 9.17) is 4.74 Å². The van der Waals surface area contributed by atoms with Gasteiger partial charge in [0.05, 0.1) is 12.6 Å². The van der Waals surface area contributed by atoms with Gasteiger partial charge in [0, 0.05) is 6.54 Å². The number of piperidine rings is 1. The molecule has 1 fully saturated rings. The van der Waals surface area contributed by atoms with Crippen LogP contribution in [0.2, 0.25) is 0 Å². The second-order valence-corrected chi connectivity index (χ2v) is 10.3. The van der Waals surface area contributed by atoms with Crippen molar-refractivity contribution >= 4 is 12.0 Å². The number of likely N-dealkylation sites (tertiary alicyclic amines) is 1. The van der Waals surface area contributed by atoms with Crippen LogP contribution < -0.4 is 5.32 Å². The van der Waals surface area contributed by atoms with Crippen molar-refractivity contribution in [3.8, 4) is 0 Å². The minimum Gasteiger partial charge on any atom is -0.444 e. The Morgan fingerprint density at radius 2 is 1.71 bits per heavy atom. The van der Waals surface area contributed by atoms with E-state index < -0.39 is 42.4 Å². The molecule has 35 heavy (non-hydrogen) atoms. The van der Waals surface area contributed by atoms with Crippen LogP contribution in [0.1, 0.15) is 57.3 Å². The van der Waals surface area contributed by atoms with Crippen molar-refractivity contribution in [2.24, 2.45) is 5.92 Å². The Morgan fingerprint density at radius 1 is 1.09 bits per heavy atom. The molecule has 7 nitrogen and oxygen atoms in total. The zero-order chi connectivity index (χ0) is 25.4. The third-order valence-corrected chi connectivity index (χ3v) is 6.37. The molecule has 2 aromatic rings. The average Bonchev–Trinajstić information content (AvgIpc) is 2.85. The third kappa shape index (κ3) is 7.80. The number of aliphatic hydroxyl groups is 2. The number of nitrogens with one attached hydrogen (secondary N) is 1. The van der Waals surface area contributed by atoms with Gasteiger partial charge in [-0.3, -0.25) is 9.69 Å². The highest BCUT2D eigenvalue weighted by molar-refractivity contribution is 5.86. The van der Waals surface area contributed by atoms with Crippen molar-refractivity contribution in [1.82, 2.24) is 10.2 Å². The average molecular weight is 483 g/mol. The van der Waals surface area contributed by atoms with Gasteiger partial charge in [-0.25, -0.2) is 4.79 Å². The number of aliphatic hydroxyl groups excluding tert-OH is 2. The van der Waals surface area contributed by atoms with Crippen molar-refractivity contribution in [1.29, 1.82) is 0 Å². The molecular formula is C28H38N2O5. The maximum absolute atomic E-state index is 13.4. The van der Waals surface area contributed by atoms with Crippen molar-refractivity contribution < 1.29 is 24.5 Å². The highest BCUT2D eigenvalue weighted by Gasteiger charge is 2.39. The lowest BCUT2D eigenvalue weighted by Crippen LogP contribution is -2.57. The molecule has 0 saturated carbocycles. The molecule has 0 aromatic heterocycles. The molecule has 0 spiro atoms. The Balaban J connectivity index is 1.73. The third-order valence-electron chi connectivity index (χ3n) is 6.37. The smallest absolute Gasteiger partial charge is 0.410 e. The van der Waals surface area contributed by atoms with E-state index in [2.05, 4.69) is 17.4 Å². The van der Waals surface area contributed by atoms with E-state index in [0.717, 1.165) is 19.3 Å². The van der Waals surface area contributed by atoms with Gasteiger partial charge >= 0.3 is 6.09 Å². The fourth-order valence-electron chi connectivity index (χ4n) is 4.49. The molecule has 1 saturated heterocycles. The summed E-state index contributed by atoms with van der Waals surface area (Å²) in [6.45, 7) is 5.37. The molecule has 190 valence electrons. The molecule has 3 N–H and O–H groups in total. The topological polar surface area (TPSA) is 99.1 Å². The van der Waals surface area contributed by atoms with Crippen molar-refractivity contribution in [3.63, 3.8) is 0 Å². The summed E-state index contributed by atoms with van der Waals surface area (Å²) in [6.07, 6.45) is 1.49. The first-order chi connectivity index (χ1) is 16.7. The SMILES string of the molecule is CC(C)(C)OC(=O)N1CCC(CCc2ccccc2)CC1C(=O)NC(CO)C(O)c1ccccc1. The fourth-order valence-corrected chi connectivity index (χ4v) is 4.49. The quantitative estimate of drug-likeness (QED) is 0.531. The number of carbonyl (C=O) groups is 2. The summed E-state index contributed by atoms with van der Waals surface area (Å²) < 4.78 is 5.58. The summed E-state index contributed by atoms with van der Waals surface area (Å²) in [4.78, 5) is 27.9. The second kappa shape index (κ2) is 12.2. The molecule has 1 aliphatic heterocycles. The number of rotatable bonds is 8. The van der Waals surface area contributed by atoms with Crippen LogP contribution in [0, 0.1) is 5.92 Å². The van der Waals surface area contributed by atoms with Crippen LogP contribution in [0.4, 0.5) is 4.79 Å². The summed E-state index contributed by atoms with van der Waals surface area (Å²) in [6, 6.07) is 17.5. The van der Waals surface area contributed by atoms with E-state index in [1.54, 1.807) is 45.0 Å². The van der Waals surface area contributed by atoms with E-state index in [9.17, 15) is 19.8 Å². The first-order valence-corrected chi connectivity index (χ1v) is 12.4. The fraction of sp³-hybridized carbons (Fsp3) is 0.500. The molecule has 0 aliphatic carbocycles. The lowest BCUT2D eigenvalue weighted by Gasteiger charge is -2.40. The Hall–Kier alpha value is -2.90. The Labute approximate surface area is 208 Å². The van der Waals surface area contributed by atoms with Gasteiger partial charge in [0.25, 0.3) is 0 Å². The van der Waals surface area contributed by atoms with Gasteiger partial charge in [0.2, 0.25) is 5.91 Å². The van der Waals surface area contributed by atoms with Gasteiger partial charge in [0.1, 0.15) is 17.7 Å². The predicted octanol–water partition coefficient (Wildman–Crippen LogP) is 3.85. The van der Waals surface area contributed by atoms with Crippen molar-refractivity contribution in [3.05, 3.63) is 71.8 Å². The lowest BCUT2D eigenvalue weighted by molar-refractivity contribution is -0.130. The van der Waals surface area contributed by atoms with Crippen LogP contribution in [0.5, 0.6) is 0 Å². The van der Waals surface area contributed by atoms with Crippen LogP contribution in [0.15, 0.2) is 60.7 Å². The van der Waals surface area contributed by atoms with Gasteiger partial charge in [-0.2, -0.15) is 0 Å². The maximum Gasteiger partial charge on any atom is 0.410 e. The van der Waals surface area contributed by atoms with Crippen LogP contribution in [0.25, 0.3) is 0 Å². The number of hydrogen-bond donors (Lipinski definition) is 3. The highest BCUT2D eigenvalue weighted by atomic mass is 16.6. The lowest BCUT2D eigenvalue weighted by atomic mass is 9.86. The Kier molecular flexibility index (Phi) is 9.29. The molecule has 7 heteroatoms. The summed E-state index contributed by atoms with van der Waals surface area (Å²) >= 11 is 0. The van der Waals surface area contributed by atoms with Gasteiger partial charge in [0.15, 0.2) is 0 Å². The number of hydrogen-bond acceptors (Lipinski definition) is 5. The molecule has 2 amide bonds. The molecule has 1 aliphatic rings. The number of ether oxygens (including phenoxy) is 1. The summed E-state index contributed by atoms with van der Waals surface area (Å²) in [5.41, 5.74) is 1.16. The largest absolute Gasteiger partial charge is 0.444 e. The number of amides is 2. The number of nitrogens with zero attached hydrogens (tertiary/aromatic N) is 1. The molecule has 4 unspecified atom stereocenters. The molecule has 0 radical (unpaired) electrons. The molecule has 0 bridgehead atoms. The number of benzene rings is 2. The standard InChI is InChI=1S/C28H38N2O5/c1-28(2,3)35-27(34)30-17-16-21(15-14-20-10-6-4-7-11-20)18-24(30)26(33)29-23(19-31)25(32)22-12-8-5-9-13-22/h4-13,21,23-25,31-32H,14-19H2,1-3H3,(H,29,33). The van der Waals surface area contributed by atoms with Gasteiger partial charge in [-0.05, 0) is 63.5 Å². The minimum atomic E-state index is -1.07. The zero-order valence-electron chi connectivity index (χ0n) is 20.9. The maximum atomic E-state index is 13.4. The molecule has 2 aromatic carbocycles. The normalized spacial score (nSPS) is 20.1. The van der Waals surface area contributed by atoms with E-state index in [0.29, 0.717) is 18.5 Å². The predicted molar refractivity (Wildman–Crippen MR) is 135 cm³/mol. The van der Waals surface area contributed by atoms with Crippen molar-refractivity contribution in [2.75, 3.05) is 13.2 Å². The molecular weight excluding hydrogens is 444 g/mol. The van der Waals surface area contributed by atoms with Gasteiger partial charge < -0.3 is 20.3 Å². The first-order valence-electron chi connectivity index (χ1n) is 12.4. The molecule has 1 heterocycles. The zero-order valence-corrected chi connectivity index (χ0v) is 20.9. The Bertz CT molecular complexity index is 945.